The van der Waals surface area contributed by atoms with E-state index in [9.17, 15) is 9.59 Å². The average molecular weight is 835 g/mol. The maximum absolute atomic E-state index is 13.7. The fraction of sp³-hybridized carbons (Fsp3) is 0.358. The molecule has 0 radical (unpaired) electrons. The number of hydrogen-bond donors (Lipinski definition) is 0. The summed E-state index contributed by atoms with van der Waals surface area (Å²) in [6.07, 6.45) is 13.3. The molecule has 9 nitrogen and oxygen atoms in total. The maximum atomic E-state index is 13.7. The van der Waals surface area contributed by atoms with Gasteiger partial charge in [-0.3, -0.25) is 0 Å². The lowest BCUT2D eigenvalue weighted by atomic mass is 9.68. The first-order valence-corrected chi connectivity index (χ1v) is 22.2. The van der Waals surface area contributed by atoms with E-state index < -0.39 is 5.97 Å². The van der Waals surface area contributed by atoms with Gasteiger partial charge in [-0.2, -0.15) is 5.10 Å². The molecular formula is C53H58N2O7. The zero-order chi connectivity index (χ0) is 43.2. The highest BCUT2D eigenvalue weighted by Gasteiger charge is 2.35. The van der Waals surface area contributed by atoms with E-state index in [0.29, 0.717) is 52.4 Å². The predicted octanol–water partition coefficient (Wildman–Crippen LogP) is 11.7. The molecule has 0 heterocycles. The van der Waals surface area contributed by atoms with Crippen molar-refractivity contribution >= 4 is 23.9 Å². The number of unbranched alkanes of at least 4 members (excludes halogenated alkanes) is 3. The van der Waals surface area contributed by atoms with E-state index in [0.717, 1.165) is 85.3 Å². The monoisotopic (exact) mass is 834 g/mol. The molecule has 0 bridgehead atoms. The molecule has 0 saturated heterocycles. The van der Waals surface area contributed by atoms with Crippen LogP contribution in [0.15, 0.2) is 119 Å². The highest BCUT2D eigenvalue weighted by Crippen LogP contribution is 2.44. The van der Waals surface area contributed by atoms with Gasteiger partial charge in [0, 0.05) is 29.7 Å². The summed E-state index contributed by atoms with van der Waals surface area (Å²) < 4.78 is 29.3. The van der Waals surface area contributed by atoms with Crippen LogP contribution in [-0.2, 0) is 22.3 Å². The Balaban J connectivity index is 0.995. The molecule has 0 spiro atoms. The standard InChI is InChI=1S/C53H58N2O7/c1-4-15-38-20-23-40(24-21-38)51(56)61-33-28-39-22-26-47(42(34-39)36-54-55-50-45-18-10-8-16-43(45)44-17-9-11-19-46(44)50)62-52(57)41-25-27-48(49(35-41)58-3)60-32-13-7-6-12-31-59-37-53(5-2)29-14-30-53/h8-11,16-27,34-36H,4-7,12-15,28-33,37H2,1-3H3/b54-36+. The van der Waals surface area contributed by atoms with Crippen LogP contribution in [0, 0.1) is 5.41 Å². The Hall–Kier alpha value is -6.06. The summed E-state index contributed by atoms with van der Waals surface area (Å²) in [6, 6.07) is 34.3. The summed E-state index contributed by atoms with van der Waals surface area (Å²) in [4.78, 5) is 26.5. The van der Waals surface area contributed by atoms with Gasteiger partial charge in [-0.05, 0) is 115 Å². The summed E-state index contributed by atoms with van der Waals surface area (Å²) >= 11 is 0. The van der Waals surface area contributed by atoms with Crippen molar-refractivity contribution in [1.29, 1.82) is 0 Å². The highest BCUT2D eigenvalue weighted by atomic mass is 16.5. The minimum absolute atomic E-state index is 0.171. The lowest BCUT2D eigenvalue weighted by Crippen LogP contribution is -2.33. The van der Waals surface area contributed by atoms with Crippen LogP contribution in [0.25, 0.3) is 11.1 Å². The first-order valence-electron chi connectivity index (χ1n) is 22.2. The Bertz CT molecular complexity index is 2310. The minimum atomic E-state index is -0.564. The van der Waals surface area contributed by atoms with Gasteiger partial charge in [-0.1, -0.05) is 99.8 Å². The van der Waals surface area contributed by atoms with Crippen LogP contribution >= 0.6 is 0 Å². The number of rotatable bonds is 22. The summed E-state index contributed by atoms with van der Waals surface area (Å²) in [5, 5.41) is 9.22. The van der Waals surface area contributed by atoms with Crippen molar-refractivity contribution in [3.05, 3.63) is 148 Å². The highest BCUT2D eigenvalue weighted by molar-refractivity contribution is 6.24. The van der Waals surface area contributed by atoms with E-state index in [1.54, 1.807) is 37.6 Å². The van der Waals surface area contributed by atoms with Gasteiger partial charge < -0.3 is 23.7 Å². The SMILES string of the molecule is CCCc1ccc(C(=O)OCCc2ccc(OC(=O)c3ccc(OCCCCCCOCC4(CC)CCC4)c(OC)c3)c(/C=N/N=C3c4ccccc4-c4ccccc43)c2)cc1. The largest absolute Gasteiger partial charge is 0.493 e. The normalized spacial score (nSPS) is 13.6. The van der Waals surface area contributed by atoms with E-state index in [1.165, 1.54) is 31.2 Å². The molecule has 5 aromatic rings. The topological polar surface area (TPSA) is 105 Å². The molecule has 322 valence electrons. The second-order valence-electron chi connectivity index (χ2n) is 16.3. The van der Waals surface area contributed by atoms with Crippen molar-refractivity contribution in [3.63, 3.8) is 0 Å². The Labute approximate surface area is 366 Å². The second-order valence-corrected chi connectivity index (χ2v) is 16.3. The second kappa shape index (κ2) is 21.6. The number of esters is 2. The van der Waals surface area contributed by atoms with E-state index in [4.69, 9.17) is 23.7 Å². The number of carbonyl (C=O) groups is 2. The molecule has 0 aromatic heterocycles. The molecule has 62 heavy (non-hydrogen) atoms. The fourth-order valence-electron chi connectivity index (χ4n) is 8.12. The van der Waals surface area contributed by atoms with Gasteiger partial charge in [0.2, 0.25) is 0 Å². The number of benzene rings is 5. The Morgan fingerprint density at radius 2 is 1.32 bits per heavy atom. The van der Waals surface area contributed by atoms with Crippen molar-refractivity contribution in [1.82, 2.24) is 0 Å². The molecule has 2 aliphatic rings. The van der Waals surface area contributed by atoms with Crippen LogP contribution in [0.3, 0.4) is 0 Å². The van der Waals surface area contributed by atoms with Gasteiger partial charge in [-0.15, -0.1) is 5.10 Å². The molecule has 0 amide bonds. The molecule has 7 rings (SSSR count). The van der Waals surface area contributed by atoms with E-state index in [-0.39, 0.29) is 12.6 Å². The van der Waals surface area contributed by atoms with Gasteiger partial charge in [0.25, 0.3) is 0 Å². The molecule has 0 unspecified atom stereocenters. The minimum Gasteiger partial charge on any atom is -0.493 e. The molecule has 0 N–H and O–H groups in total. The summed E-state index contributed by atoms with van der Waals surface area (Å²) in [5.74, 6) is 0.381. The maximum Gasteiger partial charge on any atom is 0.343 e. The molecule has 2 aliphatic carbocycles. The Kier molecular flexibility index (Phi) is 15.4. The number of carbonyl (C=O) groups excluding carboxylic acids is 2. The Morgan fingerprint density at radius 1 is 0.661 bits per heavy atom. The van der Waals surface area contributed by atoms with Gasteiger partial charge >= 0.3 is 11.9 Å². The number of methoxy groups -OCH3 is 1. The van der Waals surface area contributed by atoms with Crippen molar-refractivity contribution < 1.29 is 33.3 Å². The third kappa shape index (κ3) is 11.1. The van der Waals surface area contributed by atoms with Crippen LogP contribution in [0.5, 0.6) is 17.2 Å². The zero-order valence-corrected chi connectivity index (χ0v) is 36.3. The first kappa shape index (κ1) is 44.0. The number of aryl methyl sites for hydroxylation is 1. The van der Waals surface area contributed by atoms with Crippen LogP contribution < -0.4 is 14.2 Å². The van der Waals surface area contributed by atoms with Crippen LogP contribution in [0.4, 0.5) is 0 Å². The number of nitrogens with zero attached hydrogens (tertiary/aromatic N) is 2. The summed E-state index contributed by atoms with van der Waals surface area (Å²) in [6.45, 7) is 6.83. The molecular weight excluding hydrogens is 777 g/mol. The first-order chi connectivity index (χ1) is 30.4. The van der Waals surface area contributed by atoms with Crippen LogP contribution in [0.1, 0.15) is 120 Å². The molecule has 0 aliphatic heterocycles. The van der Waals surface area contributed by atoms with E-state index >= 15 is 0 Å². The fourth-order valence-corrected chi connectivity index (χ4v) is 8.12. The zero-order valence-electron chi connectivity index (χ0n) is 36.3. The van der Waals surface area contributed by atoms with E-state index in [1.807, 2.05) is 72.8 Å². The molecule has 1 fully saturated rings. The number of hydrogen-bond acceptors (Lipinski definition) is 9. The smallest absolute Gasteiger partial charge is 0.343 e. The van der Waals surface area contributed by atoms with Crippen molar-refractivity contribution in [2.75, 3.05) is 33.5 Å². The third-order valence-electron chi connectivity index (χ3n) is 12.1. The van der Waals surface area contributed by atoms with Crippen LogP contribution in [-0.4, -0.2) is 57.4 Å². The lowest BCUT2D eigenvalue weighted by Gasteiger charge is -2.40. The van der Waals surface area contributed by atoms with Crippen molar-refractivity contribution in [2.45, 2.75) is 84.5 Å². The summed E-state index contributed by atoms with van der Waals surface area (Å²) in [7, 11) is 1.56. The molecule has 9 heteroatoms. The van der Waals surface area contributed by atoms with Crippen molar-refractivity contribution in [2.24, 2.45) is 15.6 Å². The quantitative estimate of drug-likeness (QED) is 0.0220. The van der Waals surface area contributed by atoms with Gasteiger partial charge in [0.15, 0.2) is 11.5 Å². The summed E-state index contributed by atoms with van der Waals surface area (Å²) in [5.41, 5.74) is 8.83. The molecule has 5 aromatic carbocycles. The third-order valence-corrected chi connectivity index (χ3v) is 12.1. The molecule has 0 atom stereocenters. The van der Waals surface area contributed by atoms with Crippen LogP contribution in [0.2, 0.25) is 0 Å². The number of fused-ring (bicyclic) bond motifs is 3. The van der Waals surface area contributed by atoms with Gasteiger partial charge in [-0.25, -0.2) is 9.59 Å². The molecule has 1 saturated carbocycles. The Morgan fingerprint density at radius 3 is 1.98 bits per heavy atom. The van der Waals surface area contributed by atoms with Gasteiger partial charge in [0.1, 0.15) is 11.5 Å². The van der Waals surface area contributed by atoms with E-state index in [2.05, 4.69) is 36.2 Å². The lowest BCUT2D eigenvalue weighted by molar-refractivity contribution is -0.01000. The number of ether oxygens (including phenoxy) is 5. The van der Waals surface area contributed by atoms with Gasteiger partial charge in [0.05, 0.1) is 44.3 Å². The average Bonchev–Trinajstić information content (AvgIpc) is 3.60. The van der Waals surface area contributed by atoms with Crippen molar-refractivity contribution in [3.8, 4) is 28.4 Å². The predicted molar refractivity (Wildman–Crippen MR) is 245 cm³/mol.